The molecule has 7 nitrogen and oxygen atoms in total. The van der Waals surface area contributed by atoms with Gasteiger partial charge in [-0.05, 0) is 117 Å². The highest BCUT2D eigenvalue weighted by atomic mass is 16.3. The molecule has 5 rings (SSSR count). The van der Waals surface area contributed by atoms with Crippen LogP contribution in [-0.2, 0) is 4.79 Å². The van der Waals surface area contributed by atoms with E-state index in [0.717, 1.165) is 83.4 Å². The molecule has 2 unspecified atom stereocenters. The fourth-order valence-corrected chi connectivity index (χ4v) is 7.42. The van der Waals surface area contributed by atoms with Crippen LogP contribution >= 0.6 is 0 Å². The van der Waals surface area contributed by atoms with Crippen molar-refractivity contribution in [1.29, 1.82) is 0 Å². The summed E-state index contributed by atoms with van der Waals surface area (Å²) in [7, 11) is 2.13. The van der Waals surface area contributed by atoms with Gasteiger partial charge in [0.2, 0.25) is 0 Å². The Hall–Kier alpha value is -3.71. The largest absolute Gasteiger partial charge is 0.396 e. The molecule has 2 atom stereocenters. The molecule has 0 radical (unpaired) electrons. The van der Waals surface area contributed by atoms with Gasteiger partial charge in [0.15, 0.2) is 0 Å². The van der Waals surface area contributed by atoms with Crippen molar-refractivity contribution in [1.82, 2.24) is 25.3 Å². The Kier molecular flexibility index (Phi) is 12.5. The fraction of sp³-hybridized carbons (Fsp3) is 0.525. The average Bonchev–Trinajstić information content (AvgIpc) is 3.95. The van der Waals surface area contributed by atoms with Crippen LogP contribution < -0.4 is 10.6 Å². The van der Waals surface area contributed by atoms with Gasteiger partial charge in [0.05, 0.1) is 12.2 Å². The predicted octanol–water partition coefficient (Wildman–Crippen LogP) is 6.57. The number of amides is 1. The van der Waals surface area contributed by atoms with E-state index in [2.05, 4.69) is 89.7 Å². The average molecular weight is 640 g/mol. The van der Waals surface area contributed by atoms with Crippen molar-refractivity contribution in [3.8, 4) is 0 Å². The number of allylic oxidation sites excluding steroid dienone is 4. The topological polar surface area (TPSA) is 71.1 Å². The van der Waals surface area contributed by atoms with Crippen LogP contribution in [0.5, 0.6) is 0 Å². The van der Waals surface area contributed by atoms with Crippen LogP contribution in [0.2, 0.25) is 0 Å². The summed E-state index contributed by atoms with van der Waals surface area (Å²) >= 11 is 0. The van der Waals surface area contributed by atoms with Gasteiger partial charge in [-0.15, -0.1) is 0 Å². The van der Waals surface area contributed by atoms with Gasteiger partial charge in [0, 0.05) is 52.1 Å². The van der Waals surface area contributed by atoms with Gasteiger partial charge in [0.25, 0.3) is 5.91 Å². The summed E-state index contributed by atoms with van der Waals surface area (Å²) < 4.78 is 0. The molecule has 1 aromatic carbocycles. The number of aliphatic hydroxyl groups is 1. The number of nitrogens with one attached hydrogen (secondary N) is 2. The van der Waals surface area contributed by atoms with E-state index in [0.29, 0.717) is 18.8 Å². The van der Waals surface area contributed by atoms with Crippen molar-refractivity contribution in [2.75, 3.05) is 52.9 Å². The third-order valence-electron chi connectivity index (χ3n) is 10.3. The number of carbonyl (C=O) groups excluding carboxylic acids is 1. The SMILES string of the molecule is C=C(NCCC(CO)C(CC)c1ccccc1)C(=O)N(CC(NCC1=CC2=C(C=CN(C)C2)CC1)=C1CC1)/C(=C\C)N1CCCCC1. The van der Waals surface area contributed by atoms with Crippen molar-refractivity contribution in [2.24, 2.45) is 5.92 Å². The Morgan fingerprint density at radius 1 is 1.06 bits per heavy atom. The van der Waals surface area contributed by atoms with Gasteiger partial charge in [-0.25, -0.2) is 0 Å². The predicted molar refractivity (Wildman–Crippen MR) is 193 cm³/mol. The minimum Gasteiger partial charge on any atom is -0.396 e. The van der Waals surface area contributed by atoms with Crippen LogP contribution in [0.15, 0.2) is 101 Å². The lowest BCUT2D eigenvalue weighted by Crippen LogP contribution is -2.45. The monoisotopic (exact) mass is 639 g/mol. The van der Waals surface area contributed by atoms with Crippen molar-refractivity contribution in [3.05, 3.63) is 106 Å². The Labute approximate surface area is 283 Å². The lowest BCUT2D eigenvalue weighted by atomic mass is 9.82. The molecular formula is C40H57N5O2. The summed E-state index contributed by atoms with van der Waals surface area (Å²) in [5.41, 5.74) is 8.59. The van der Waals surface area contributed by atoms with Crippen molar-refractivity contribution in [2.45, 2.75) is 77.6 Å². The van der Waals surface area contributed by atoms with Gasteiger partial charge in [-0.3, -0.25) is 9.69 Å². The van der Waals surface area contributed by atoms with Crippen molar-refractivity contribution < 1.29 is 9.90 Å². The quantitative estimate of drug-likeness (QED) is 0.178. The van der Waals surface area contributed by atoms with Gasteiger partial charge in [-0.1, -0.05) is 55.5 Å². The van der Waals surface area contributed by atoms with Crippen LogP contribution in [0.1, 0.15) is 83.1 Å². The summed E-state index contributed by atoms with van der Waals surface area (Å²) in [4.78, 5) is 20.9. The van der Waals surface area contributed by atoms with E-state index >= 15 is 0 Å². The van der Waals surface area contributed by atoms with Crippen LogP contribution in [0.4, 0.5) is 0 Å². The summed E-state index contributed by atoms with van der Waals surface area (Å²) in [5, 5.41) is 17.5. The normalized spacial score (nSPS) is 19.1. The smallest absolute Gasteiger partial charge is 0.275 e. The zero-order valence-corrected chi connectivity index (χ0v) is 29.1. The highest BCUT2D eigenvalue weighted by Crippen LogP contribution is 2.33. The molecule has 1 saturated carbocycles. The molecule has 2 fully saturated rings. The first-order valence-electron chi connectivity index (χ1n) is 18.0. The van der Waals surface area contributed by atoms with E-state index in [1.807, 2.05) is 17.9 Å². The van der Waals surface area contributed by atoms with Crippen molar-refractivity contribution >= 4 is 5.91 Å². The third kappa shape index (κ3) is 9.22. The molecule has 3 N–H and O–H groups in total. The summed E-state index contributed by atoms with van der Waals surface area (Å²) in [6, 6.07) is 10.5. The standard InChI is InChI=1S/C40H57N5O2/c1-5-37(33-13-9-7-10-14-33)35(29-46)19-21-41-30(3)40(47)45(39(6-2)44-22-11-8-12-23-44)28-38(34-17-18-34)42-26-31-15-16-32-20-24-43(4)27-36(32)25-31/h6-7,9-10,13-14,20,24-25,35,37,41-42,46H,3,5,8,11-12,15-19,21-23,26-29H2,1-2,4H3/b39-6-. The number of nitrogens with zero attached hydrogens (tertiary/aromatic N) is 3. The Balaban J connectivity index is 1.26. The van der Waals surface area contributed by atoms with Gasteiger partial charge in [0.1, 0.15) is 5.82 Å². The fourth-order valence-electron chi connectivity index (χ4n) is 7.42. The second-order valence-electron chi connectivity index (χ2n) is 13.7. The van der Waals surface area contributed by atoms with Gasteiger partial charge >= 0.3 is 0 Å². The number of aliphatic hydroxyl groups excluding tert-OH is 1. The minimum atomic E-state index is -0.0800. The van der Waals surface area contributed by atoms with Gasteiger partial charge in [-0.2, -0.15) is 0 Å². The number of likely N-dealkylation sites (tertiary alicyclic amines) is 1. The zero-order valence-electron chi connectivity index (χ0n) is 29.1. The number of piperidine rings is 1. The number of likely N-dealkylation sites (N-methyl/N-ethyl adjacent to an activating group) is 1. The van der Waals surface area contributed by atoms with E-state index < -0.39 is 0 Å². The summed E-state index contributed by atoms with van der Waals surface area (Å²) in [6.07, 6.45) is 18.5. The number of rotatable bonds is 16. The molecule has 0 spiro atoms. The summed E-state index contributed by atoms with van der Waals surface area (Å²) in [6.45, 7) is 13.4. The molecule has 2 aliphatic carbocycles. The second kappa shape index (κ2) is 16.9. The van der Waals surface area contributed by atoms with Crippen LogP contribution in [0.25, 0.3) is 0 Å². The molecule has 2 aliphatic heterocycles. The molecule has 1 amide bonds. The molecule has 254 valence electrons. The first-order chi connectivity index (χ1) is 22.9. The molecule has 1 saturated heterocycles. The van der Waals surface area contributed by atoms with E-state index in [-0.39, 0.29) is 24.3 Å². The lowest BCUT2D eigenvalue weighted by molar-refractivity contribution is -0.126. The minimum absolute atomic E-state index is 0.0800. The Morgan fingerprint density at radius 2 is 1.83 bits per heavy atom. The number of carbonyl (C=O) groups is 1. The molecular weight excluding hydrogens is 582 g/mol. The Bertz CT molecular complexity index is 1390. The number of hydrogen-bond donors (Lipinski definition) is 3. The molecule has 1 aromatic rings. The maximum Gasteiger partial charge on any atom is 0.275 e. The molecule has 2 heterocycles. The number of hydrogen-bond acceptors (Lipinski definition) is 6. The van der Waals surface area contributed by atoms with E-state index in [1.165, 1.54) is 40.0 Å². The van der Waals surface area contributed by atoms with Crippen LogP contribution in [-0.4, -0.2) is 78.6 Å². The molecule has 7 heteroatoms. The van der Waals surface area contributed by atoms with E-state index in [1.54, 1.807) is 0 Å². The van der Waals surface area contributed by atoms with Crippen molar-refractivity contribution in [3.63, 3.8) is 0 Å². The highest BCUT2D eigenvalue weighted by molar-refractivity contribution is 5.93. The van der Waals surface area contributed by atoms with Crippen LogP contribution in [0, 0.1) is 5.92 Å². The molecule has 4 aliphatic rings. The van der Waals surface area contributed by atoms with E-state index in [9.17, 15) is 9.90 Å². The molecule has 0 bridgehead atoms. The second-order valence-corrected chi connectivity index (χ2v) is 13.7. The first-order valence-corrected chi connectivity index (χ1v) is 18.0. The maximum atomic E-state index is 14.3. The molecule has 0 aromatic heterocycles. The Morgan fingerprint density at radius 3 is 2.51 bits per heavy atom. The highest BCUT2D eigenvalue weighted by Gasteiger charge is 2.29. The maximum absolute atomic E-state index is 14.3. The van der Waals surface area contributed by atoms with Gasteiger partial charge < -0.3 is 25.5 Å². The van der Waals surface area contributed by atoms with E-state index in [4.69, 9.17) is 0 Å². The number of benzene rings is 1. The zero-order chi connectivity index (χ0) is 33.2. The summed E-state index contributed by atoms with van der Waals surface area (Å²) in [5.74, 6) is 1.28. The first kappa shape index (κ1) is 34.6. The molecule has 47 heavy (non-hydrogen) atoms. The van der Waals surface area contributed by atoms with Crippen LogP contribution in [0.3, 0.4) is 0 Å². The third-order valence-corrected chi connectivity index (χ3v) is 10.3. The lowest BCUT2D eigenvalue weighted by Gasteiger charge is -2.38.